The van der Waals surface area contributed by atoms with Crippen LogP contribution in [-0.4, -0.2) is 15.6 Å². The molecule has 0 aliphatic carbocycles. The fourth-order valence-electron chi connectivity index (χ4n) is 0.548. The largest absolute Gasteiger partial charge is 0.294 e. The predicted molar refractivity (Wildman–Crippen MR) is 31.8 cm³/mol. The lowest BCUT2D eigenvalue weighted by Gasteiger charge is -1.81. The van der Waals surface area contributed by atoms with E-state index in [4.69, 9.17) is 6.92 Å². The van der Waals surface area contributed by atoms with Crippen molar-refractivity contribution in [3.8, 4) is 0 Å². The van der Waals surface area contributed by atoms with Crippen molar-refractivity contribution in [1.82, 2.24) is 9.78 Å². The summed E-state index contributed by atoms with van der Waals surface area (Å²) >= 11 is 0. The Balaban J connectivity index is 2.98. The summed E-state index contributed by atoms with van der Waals surface area (Å²) in [6.45, 7) is 4.93. The highest BCUT2D eigenvalue weighted by atomic mass is 16.1. The molecule has 3 nitrogen and oxygen atoms in total. The fourth-order valence-corrected chi connectivity index (χ4v) is 0.548. The number of nitrogens with zero attached hydrogens (tertiary/aromatic N) is 2. The third-order valence-corrected chi connectivity index (χ3v) is 0.989. The molecule has 0 amide bonds. The quantitative estimate of drug-likeness (QED) is 0.502. The lowest BCUT2D eigenvalue weighted by atomic mass is 10.3. The molecule has 0 aliphatic heterocycles. The van der Waals surface area contributed by atoms with E-state index in [0.29, 0.717) is 5.56 Å². The van der Waals surface area contributed by atoms with E-state index in [1.54, 1.807) is 13.2 Å². The maximum Gasteiger partial charge on any atom is 0.170 e. The van der Waals surface area contributed by atoms with Crippen LogP contribution in [0.1, 0.15) is 10.4 Å². The van der Waals surface area contributed by atoms with Crippen molar-refractivity contribution in [3.63, 3.8) is 0 Å². The molecule has 0 saturated carbocycles. The molecule has 0 unspecified atom stereocenters. The van der Waals surface area contributed by atoms with Crippen molar-refractivity contribution in [3.05, 3.63) is 24.9 Å². The molecule has 3 heteroatoms. The highest BCUT2D eigenvalue weighted by Crippen LogP contribution is 1.94. The lowest BCUT2D eigenvalue weighted by molar-refractivity contribution is 0.104. The number of carbonyl (C=O) groups is 1. The monoisotopic (exact) mass is 122 g/mol. The Morgan fingerprint density at radius 1 is 1.89 bits per heavy atom. The van der Waals surface area contributed by atoms with Crippen molar-refractivity contribution in [2.45, 2.75) is 0 Å². The second-order valence-electron chi connectivity index (χ2n) is 1.77. The van der Waals surface area contributed by atoms with Gasteiger partial charge < -0.3 is 0 Å². The van der Waals surface area contributed by atoms with Crippen molar-refractivity contribution in [1.29, 1.82) is 0 Å². The fraction of sp³-hybridized carbons (Fsp3) is 0.167. The number of Topliss-reactive ketones (excluding diaryl/α,β-unsaturated/α-hetero) is 1. The number of rotatable bonds is 1. The summed E-state index contributed by atoms with van der Waals surface area (Å²) in [7, 11) is 1.73. The molecule has 2 radical (unpaired) electrons. The van der Waals surface area contributed by atoms with Crippen LogP contribution in [0.25, 0.3) is 0 Å². The second-order valence-corrected chi connectivity index (χ2v) is 1.77. The molecule has 0 bridgehead atoms. The molecule has 9 heavy (non-hydrogen) atoms. The van der Waals surface area contributed by atoms with Gasteiger partial charge in [0.1, 0.15) is 0 Å². The van der Waals surface area contributed by atoms with Crippen LogP contribution in [0.15, 0.2) is 12.4 Å². The summed E-state index contributed by atoms with van der Waals surface area (Å²) in [5.41, 5.74) is 0.442. The summed E-state index contributed by atoms with van der Waals surface area (Å²) < 4.78 is 1.53. The highest BCUT2D eigenvalue weighted by molar-refractivity contribution is 5.98. The molecule has 1 heterocycles. The molecule has 0 N–H and O–H groups in total. The zero-order valence-corrected chi connectivity index (χ0v) is 5.03. The van der Waals surface area contributed by atoms with Gasteiger partial charge in [0.25, 0.3) is 0 Å². The number of aromatic nitrogens is 2. The summed E-state index contributed by atoms with van der Waals surface area (Å²) in [5, 5.41) is 3.75. The molecule has 0 aliphatic rings. The van der Waals surface area contributed by atoms with Crippen molar-refractivity contribution < 1.29 is 4.79 Å². The molecule has 46 valence electrons. The number of carbonyl (C=O) groups excluding carboxylic acids is 1. The number of hydrogen-bond donors (Lipinski definition) is 0. The maximum atomic E-state index is 10.4. The van der Waals surface area contributed by atoms with Crippen LogP contribution < -0.4 is 0 Å². The normalized spacial score (nSPS) is 9.56. The lowest BCUT2D eigenvalue weighted by Crippen LogP contribution is -1.88. The Labute approximate surface area is 53.3 Å². The summed E-state index contributed by atoms with van der Waals surface area (Å²) in [4.78, 5) is 10.4. The minimum Gasteiger partial charge on any atom is -0.294 e. The van der Waals surface area contributed by atoms with Gasteiger partial charge in [-0.25, -0.2) is 0 Å². The Morgan fingerprint density at radius 2 is 2.56 bits per heavy atom. The van der Waals surface area contributed by atoms with E-state index in [2.05, 4.69) is 5.10 Å². The van der Waals surface area contributed by atoms with Crippen molar-refractivity contribution in [2.75, 3.05) is 0 Å². The Kier molecular flexibility index (Phi) is 1.34. The molecule has 0 spiro atoms. The topological polar surface area (TPSA) is 34.9 Å². The van der Waals surface area contributed by atoms with Crippen LogP contribution in [0.3, 0.4) is 0 Å². The standard InChI is InChI=1S/C6H6N2O/c1-5(9)6-3-7-8(2)4-6/h1,3-4H,2H3. The third kappa shape index (κ3) is 1.16. The SMILES string of the molecule is [CH]C(=O)c1cnn(C)c1. The van der Waals surface area contributed by atoms with Gasteiger partial charge in [0, 0.05) is 20.2 Å². The van der Waals surface area contributed by atoms with Gasteiger partial charge in [-0.1, -0.05) is 0 Å². The van der Waals surface area contributed by atoms with Crippen molar-refractivity contribution in [2.24, 2.45) is 7.05 Å². The Morgan fingerprint density at radius 3 is 2.78 bits per heavy atom. The van der Waals surface area contributed by atoms with E-state index in [1.165, 1.54) is 10.9 Å². The first-order valence-electron chi connectivity index (χ1n) is 2.48. The number of ketones is 1. The summed E-state index contributed by atoms with van der Waals surface area (Å²) in [6, 6.07) is 0. The van der Waals surface area contributed by atoms with Gasteiger partial charge in [-0.3, -0.25) is 9.48 Å². The highest BCUT2D eigenvalue weighted by Gasteiger charge is 1.99. The molecule has 1 rings (SSSR count). The van der Waals surface area contributed by atoms with Crippen LogP contribution in [0, 0.1) is 6.92 Å². The van der Waals surface area contributed by atoms with E-state index in [0.717, 1.165) is 0 Å². The van der Waals surface area contributed by atoms with E-state index in [9.17, 15) is 4.79 Å². The van der Waals surface area contributed by atoms with Gasteiger partial charge in [0.2, 0.25) is 0 Å². The maximum absolute atomic E-state index is 10.4. The van der Waals surface area contributed by atoms with Gasteiger partial charge >= 0.3 is 0 Å². The van der Waals surface area contributed by atoms with E-state index in [1.807, 2.05) is 0 Å². The number of hydrogen-bond acceptors (Lipinski definition) is 2. The van der Waals surface area contributed by atoms with Crippen LogP contribution in [0.4, 0.5) is 0 Å². The molecule has 1 aromatic heterocycles. The van der Waals surface area contributed by atoms with Gasteiger partial charge in [-0.2, -0.15) is 5.10 Å². The zero-order chi connectivity index (χ0) is 6.85. The Hall–Kier alpha value is -1.12. The molecule has 0 atom stereocenters. The molecule has 0 fully saturated rings. The second kappa shape index (κ2) is 2.01. The van der Waals surface area contributed by atoms with E-state index >= 15 is 0 Å². The first-order valence-corrected chi connectivity index (χ1v) is 2.48. The average Bonchev–Trinajstić information content (AvgIpc) is 2.14. The molecular weight excluding hydrogens is 116 g/mol. The zero-order valence-electron chi connectivity index (χ0n) is 5.03. The van der Waals surface area contributed by atoms with E-state index < -0.39 is 5.78 Å². The first kappa shape index (κ1) is 6.01. The Bertz CT molecular complexity index is 227. The molecule has 0 aromatic carbocycles. The minimum atomic E-state index is -0.442. The van der Waals surface area contributed by atoms with Crippen LogP contribution >= 0.6 is 0 Å². The predicted octanol–water partition coefficient (Wildman–Crippen LogP) is 0.314. The van der Waals surface area contributed by atoms with Gasteiger partial charge in [-0.05, 0) is 0 Å². The first-order chi connectivity index (χ1) is 4.20. The van der Waals surface area contributed by atoms with E-state index in [-0.39, 0.29) is 0 Å². The average molecular weight is 122 g/mol. The van der Waals surface area contributed by atoms with Gasteiger partial charge in [-0.15, -0.1) is 0 Å². The van der Waals surface area contributed by atoms with Crippen LogP contribution in [0.2, 0.25) is 0 Å². The summed E-state index contributed by atoms with van der Waals surface area (Å²) in [5.74, 6) is -0.442. The van der Waals surface area contributed by atoms with Crippen LogP contribution in [0.5, 0.6) is 0 Å². The third-order valence-electron chi connectivity index (χ3n) is 0.989. The minimum absolute atomic E-state index is 0.442. The molecule has 1 aromatic rings. The van der Waals surface area contributed by atoms with Crippen LogP contribution in [-0.2, 0) is 7.05 Å². The smallest absolute Gasteiger partial charge is 0.170 e. The van der Waals surface area contributed by atoms with Gasteiger partial charge in [0.05, 0.1) is 11.8 Å². The molecule has 0 saturated heterocycles. The van der Waals surface area contributed by atoms with Gasteiger partial charge in [0.15, 0.2) is 5.78 Å². The summed E-state index contributed by atoms with van der Waals surface area (Å²) in [6.07, 6.45) is 3.00. The number of aryl methyl sites for hydroxylation is 1. The molecular formula is C6H6N2O. The van der Waals surface area contributed by atoms with Crippen molar-refractivity contribution >= 4 is 5.78 Å².